The molecule has 1 atom stereocenters. The van der Waals surface area contributed by atoms with Crippen LogP contribution in [0.15, 0.2) is 23.1 Å². The molecule has 0 radical (unpaired) electrons. The molecule has 1 aliphatic rings. The number of sulfonamides is 1. The first kappa shape index (κ1) is 16.1. The Bertz CT molecular complexity index is 589. The summed E-state index contributed by atoms with van der Waals surface area (Å²) in [5.74, 6) is 0.532. The molecule has 2 rings (SSSR count). The molecule has 0 spiro atoms. The zero-order valence-electron chi connectivity index (χ0n) is 12.5. The number of likely N-dealkylation sites (N-methyl/N-ethyl adjacent to an activating group) is 1. The monoisotopic (exact) mass is 313 g/mol. The third-order valence-electron chi connectivity index (χ3n) is 3.91. The van der Waals surface area contributed by atoms with E-state index < -0.39 is 10.0 Å². The van der Waals surface area contributed by atoms with Crippen LogP contribution in [0.4, 0.5) is 5.69 Å². The SMILES string of the molecule is CNS(=O)(=O)c1ccc(OCC2CCCCN2C)c(N)c1. The highest BCUT2D eigenvalue weighted by Crippen LogP contribution is 2.26. The first-order chi connectivity index (χ1) is 9.94. The van der Waals surface area contributed by atoms with E-state index in [2.05, 4.69) is 16.7 Å². The number of nitrogens with one attached hydrogen (secondary N) is 1. The van der Waals surface area contributed by atoms with Crippen LogP contribution in [0.1, 0.15) is 19.3 Å². The van der Waals surface area contributed by atoms with Gasteiger partial charge in [-0.3, -0.25) is 0 Å². The second-order valence-corrected chi connectivity index (χ2v) is 7.23. The summed E-state index contributed by atoms with van der Waals surface area (Å²) in [6.07, 6.45) is 3.56. The van der Waals surface area contributed by atoms with Gasteiger partial charge in [0.15, 0.2) is 0 Å². The number of ether oxygens (including phenoxy) is 1. The molecule has 0 aromatic heterocycles. The summed E-state index contributed by atoms with van der Waals surface area (Å²) in [7, 11) is -0.00918. The number of likely N-dealkylation sites (tertiary alicyclic amines) is 1. The molecule has 0 aliphatic carbocycles. The van der Waals surface area contributed by atoms with Gasteiger partial charge < -0.3 is 15.4 Å². The fourth-order valence-electron chi connectivity index (χ4n) is 2.48. The van der Waals surface area contributed by atoms with Crippen LogP contribution in [0.5, 0.6) is 5.75 Å². The molecule has 1 heterocycles. The van der Waals surface area contributed by atoms with E-state index in [4.69, 9.17) is 10.5 Å². The van der Waals surface area contributed by atoms with Gasteiger partial charge in [0.05, 0.1) is 10.6 Å². The molecule has 118 valence electrons. The highest BCUT2D eigenvalue weighted by atomic mass is 32.2. The Balaban J connectivity index is 2.04. The maximum absolute atomic E-state index is 11.7. The van der Waals surface area contributed by atoms with Gasteiger partial charge in [0.1, 0.15) is 12.4 Å². The van der Waals surface area contributed by atoms with Crippen molar-refractivity contribution in [3.8, 4) is 5.75 Å². The van der Waals surface area contributed by atoms with Gasteiger partial charge >= 0.3 is 0 Å². The van der Waals surface area contributed by atoms with E-state index in [-0.39, 0.29) is 4.90 Å². The molecule has 6 nitrogen and oxygen atoms in total. The molecule has 0 bridgehead atoms. The van der Waals surface area contributed by atoms with Crippen molar-refractivity contribution >= 4 is 15.7 Å². The standard InChI is InChI=1S/C14H23N3O3S/c1-16-21(18,19)12-6-7-14(13(15)9-12)20-10-11-5-3-4-8-17(11)2/h6-7,9,11,16H,3-5,8,10,15H2,1-2H3. The first-order valence-electron chi connectivity index (χ1n) is 7.10. The normalized spacial score (nSPS) is 20.4. The van der Waals surface area contributed by atoms with Crippen molar-refractivity contribution in [1.29, 1.82) is 0 Å². The first-order valence-corrected chi connectivity index (χ1v) is 8.58. The van der Waals surface area contributed by atoms with Crippen LogP contribution in [0.3, 0.4) is 0 Å². The third-order valence-corrected chi connectivity index (χ3v) is 5.33. The number of nitrogens with zero attached hydrogens (tertiary/aromatic N) is 1. The summed E-state index contributed by atoms with van der Waals surface area (Å²) >= 11 is 0. The molecule has 1 saturated heterocycles. The Labute approximate surface area is 126 Å². The molecule has 0 amide bonds. The van der Waals surface area contributed by atoms with E-state index in [9.17, 15) is 8.42 Å². The van der Waals surface area contributed by atoms with E-state index >= 15 is 0 Å². The van der Waals surface area contributed by atoms with Crippen molar-refractivity contribution in [2.75, 3.05) is 33.0 Å². The van der Waals surface area contributed by atoms with Crippen LogP contribution in [0, 0.1) is 0 Å². The minimum atomic E-state index is -3.48. The Hall–Kier alpha value is -1.31. The van der Waals surface area contributed by atoms with Crippen molar-refractivity contribution < 1.29 is 13.2 Å². The van der Waals surface area contributed by atoms with E-state index in [0.717, 1.165) is 13.0 Å². The lowest BCUT2D eigenvalue weighted by molar-refractivity contribution is 0.125. The van der Waals surface area contributed by atoms with Crippen LogP contribution in [0.25, 0.3) is 0 Å². The van der Waals surface area contributed by atoms with E-state index in [1.165, 1.54) is 32.0 Å². The van der Waals surface area contributed by atoms with Crippen LogP contribution in [-0.4, -0.2) is 46.6 Å². The predicted octanol–water partition coefficient (Wildman–Crippen LogP) is 1.04. The largest absolute Gasteiger partial charge is 0.490 e. The van der Waals surface area contributed by atoms with Crippen LogP contribution < -0.4 is 15.2 Å². The fraction of sp³-hybridized carbons (Fsp3) is 0.571. The van der Waals surface area contributed by atoms with Crippen molar-refractivity contribution in [3.05, 3.63) is 18.2 Å². The van der Waals surface area contributed by atoms with Gasteiger partial charge in [-0.1, -0.05) is 6.42 Å². The van der Waals surface area contributed by atoms with E-state index in [1.54, 1.807) is 6.07 Å². The molecule has 3 N–H and O–H groups in total. The lowest BCUT2D eigenvalue weighted by atomic mass is 10.0. The highest BCUT2D eigenvalue weighted by Gasteiger charge is 2.20. The van der Waals surface area contributed by atoms with Crippen LogP contribution >= 0.6 is 0 Å². The maximum Gasteiger partial charge on any atom is 0.240 e. The van der Waals surface area contributed by atoms with Crippen LogP contribution in [-0.2, 0) is 10.0 Å². The molecule has 1 unspecified atom stereocenters. The lowest BCUT2D eigenvalue weighted by Crippen LogP contribution is -2.40. The number of piperidine rings is 1. The van der Waals surface area contributed by atoms with E-state index in [0.29, 0.717) is 24.1 Å². The van der Waals surface area contributed by atoms with Crippen molar-refractivity contribution in [2.24, 2.45) is 0 Å². The van der Waals surface area contributed by atoms with Gasteiger partial charge in [-0.05, 0) is 51.7 Å². The van der Waals surface area contributed by atoms with Gasteiger partial charge in [0, 0.05) is 6.04 Å². The summed E-state index contributed by atoms with van der Waals surface area (Å²) in [4.78, 5) is 2.43. The van der Waals surface area contributed by atoms with Gasteiger partial charge in [0.2, 0.25) is 10.0 Å². The van der Waals surface area contributed by atoms with Gasteiger partial charge in [0.25, 0.3) is 0 Å². The predicted molar refractivity (Wildman–Crippen MR) is 82.9 cm³/mol. The van der Waals surface area contributed by atoms with E-state index in [1.807, 2.05) is 0 Å². The highest BCUT2D eigenvalue weighted by molar-refractivity contribution is 7.89. The van der Waals surface area contributed by atoms with Crippen molar-refractivity contribution in [1.82, 2.24) is 9.62 Å². The molecule has 21 heavy (non-hydrogen) atoms. The minimum absolute atomic E-state index is 0.143. The average molecular weight is 313 g/mol. The summed E-state index contributed by atoms with van der Waals surface area (Å²) < 4.78 is 31.4. The number of anilines is 1. The Morgan fingerprint density at radius 3 is 2.81 bits per heavy atom. The molecular weight excluding hydrogens is 290 g/mol. The maximum atomic E-state index is 11.7. The average Bonchev–Trinajstić information content (AvgIpc) is 2.47. The fourth-order valence-corrected chi connectivity index (χ4v) is 3.25. The summed E-state index contributed by atoms with van der Waals surface area (Å²) in [5.41, 5.74) is 6.23. The summed E-state index contributed by atoms with van der Waals surface area (Å²) in [6, 6.07) is 4.93. The second kappa shape index (κ2) is 6.64. The summed E-state index contributed by atoms with van der Waals surface area (Å²) in [6.45, 7) is 1.65. The van der Waals surface area contributed by atoms with Gasteiger partial charge in [-0.15, -0.1) is 0 Å². The smallest absolute Gasteiger partial charge is 0.240 e. The van der Waals surface area contributed by atoms with Crippen molar-refractivity contribution in [2.45, 2.75) is 30.2 Å². The lowest BCUT2D eigenvalue weighted by Gasteiger charge is -2.32. The van der Waals surface area contributed by atoms with Gasteiger partial charge in [-0.25, -0.2) is 13.1 Å². The molecular formula is C14H23N3O3S. The number of nitrogen functional groups attached to an aromatic ring is 1. The molecule has 1 aliphatic heterocycles. The zero-order valence-corrected chi connectivity index (χ0v) is 13.3. The Morgan fingerprint density at radius 1 is 1.43 bits per heavy atom. The Morgan fingerprint density at radius 2 is 2.19 bits per heavy atom. The molecule has 1 fully saturated rings. The minimum Gasteiger partial charge on any atom is -0.490 e. The Kier molecular flexibility index (Phi) is 5.08. The van der Waals surface area contributed by atoms with Crippen LogP contribution in [0.2, 0.25) is 0 Å². The third kappa shape index (κ3) is 3.87. The van der Waals surface area contributed by atoms with Gasteiger partial charge in [-0.2, -0.15) is 0 Å². The number of hydrogen-bond donors (Lipinski definition) is 2. The molecule has 0 saturated carbocycles. The molecule has 7 heteroatoms. The summed E-state index contributed by atoms with van der Waals surface area (Å²) in [5, 5.41) is 0. The molecule has 1 aromatic carbocycles. The topological polar surface area (TPSA) is 84.7 Å². The second-order valence-electron chi connectivity index (χ2n) is 5.35. The zero-order chi connectivity index (χ0) is 15.5. The number of rotatable bonds is 5. The molecule has 1 aromatic rings. The number of nitrogens with two attached hydrogens (primary N) is 1. The van der Waals surface area contributed by atoms with Crippen molar-refractivity contribution in [3.63, 3.8) is 0 Å². The quantitative estimate of drug-likeness (QED) is 0.794. The number of hydrogen-bond acceptors (Lipinski definition) is 5. The number of benzene rings is 1.